The largest absolute Gasteiger partial charge is 0.480 e. The van der Waals surface area contributed by atoms with Gasteiger partial charge in [0.25, 0.3) is 5.91 Å². The van der Waals surface area contributed by atoms with Crippen LogP contribution >= 0.6 is 11.8 Å². The van der Waals surface area contributed by atoms with Crippen LogP contribution in [-0.4, -0.2) is 29.1 Å². The van der Waals surface area contributed by atoms with Crippen molar-refractivity contribution in [2.45, 2.75) is 51.9 Å². The van der Waals surface area contributed by atoms with Gasteiger partial charge in [-0.25, -0.2) is 0 Å². The maximum Gasteiger partial charge on any atom is 0.261 e. The first-order valence-corrected chi connectivity index (χ1v) is 8.46. The summed E-state index contributed by atoms with van der Waals surface area (Å²) in [6, 6.07) is 7.78. The minimum atomic E-state index is -0.425. The van der Waals surface area contributed by atoms with E-state index in [0.717, 1.165) is 17.1 Å². The summed E-state index contributed by atoms with van der Waals surface area (Å²) in [5.74, 6) is 1.66. The number of rotatable bonds is 7. The summed E-state index contributed by atoms with van der Waals surface area (Å²) >= 11 is 1.85. The van der Waals surface area contributed by atoms with Crippen molar-refractivity contribution in [3.05, 3.63) is 29.8 Å². The van der Waals surface area contributed by atoms with Gasteiger partial charge in [-0.05, 0) is 25.0 Å². The van der Waals surface area contributed by atoms with Crippen molar-refractivity contribution in [1.29, 1.82) is 0 Å². The minimum absolute atomic E-state index is 0.0322. The highest BCUT2D eigenvalue weighted by molar-refractivity contribution is 8.00. The molecule has 0 aliphatic carbocycles. The van der Waals surface area contributed by atoms with Gasteiger partial charge in [0.1, 0.15) is 5.75 Å². The molecule has 1 aromatic rings. The number of benzene rings is 1. The van der Waals surface area contributed by atoms with E-state index in [4.69, 9.17) is 4.74 Å². The Labute approximate surface area is 132 Å². The lowest BCUT2D eigenvalue weighted by Gasteiger charge is -2.20. The summed E-state index contributed by atoms with van der Waals surface area (Å²) in [6.07, 6.45) is 0.234. The normalized spacial score (nSPS) is 12.8. The predicted octanol–water partition coefficient (Wildman–Crippen LogP) is 3.80. The molecule has 0 heterocycles. The molecule has 118 valence electrons. The Bertz CT molecular complexity index is 454. The van der Waals surface area contributed by atoms with Crippen LogP contribution in [0, 0.1) is 6.92 Å². The molecule has 0 saturated carbocycles. The third-order valence-electron chi connectivity index (χ3n) is 2.96. The van der Waals surface area contributed by atoms with Gasteiger partial charge in [-0.15, -0.1) is 0 Å². The smallest absolute Gasteiger partial charge is 0.261 e. The summed E-state index contributed by atoms with van der Waals surface area (Å²) < 4.78 is 6.06. The maximum absolute atomic E-state index is 12.2. The van der Waals surface area contributed by atoms with Crippen LogP contribution < -0.4 is 10.1 Å². The van der Waals surface area contributed by atoms with Crippen molar-refractivity contribution in [2.75, 3.05) is 12.3 Å². The molecule has 3 nitrogen and oxygen atoms in total. The van der Waals surface area contributed by atoms with Gasteiger partial charge in [-0.1, -0.05) is 45.9 Å². The van der Waals surface area contributed by atoms with Crippen LogP contribution in [0.2, 0.25) is 0 Å². The lowest BCUT2D eigenvalue weighted by atomic mass is 10.2. The zero-order valence-corrected chi connectivity index (χ0v) is 14.5. The topological polar surface area (TPSA) is 38.3 Å². The molecule has 0 spiro atoms. The third kappa shape index (κ3) is 6.89. The van der Waals surface area contributed by atoms with Gasteiger partial charge < -0.3 is 10.1 Å². The third-order valence-corrected chi connectivity index (χ3v) is 4.24. The van der Waals surface area contributed by atoms with E-state index in [1.165, 1.54) is 0 Å². The van der Waals surface area contributed by atoms with Crippen LogP contribution in [0.4, 0.5) is 0 Å². The molecule has 0 radical (unpaired) electrons. The van der Waals surface area contributed by atoms with Gasteiger partial charge >= 0.3 is 0 Å². The molecule has 0 fully saturated rings. The molecule has 1 unspecified atom stereocenters. The Morgan fingerprint density at radius 2 is 2.00 bits per heavy atom. The first-order chi connectivity index (χ1) is 9.83. The number of carbonyl (C=O) groups is 1. The van der Waals surface area contributed by atoms with Crippen LogP contribution in [0.5, 0.6) is 5.75 Å². The molecule has 1 rings (SSSR count). The van der Waals surface area contributed by atoms with E-state index in [9.17, 15) is 4.79 Å². The first-order valence-electron chi connectivity index (χ1n) is 7.47. The second-order valence-corrected chi connectivity index (χ2v) is 7.95. The molecule has 21 heavy (non-hydrogen) atoms. The van der Waals surface area contributed by atoms with Crippen molar-refractivity contribution < 1.29 is 9.53 Å². The Morgan fingerprint density at radius 1 is 1.33 bits per heavy atom. The summed E-state index contributed by atoms with van der Waals surface area (Å²) in [5.41, 5.74) is 1.05. The molecule has 0 saturated heterocycles. The molecular formula is C17H27NO2S. The molecule has 1 atom stereocenters. The van der Waals surface area contributed by atoms with Crippen molar-refractivity contribution in [3.63, 3.8) is 0 Å². The van der Waals surface area contributed by atoms with E-state index in [2.05, 4.69) is 26.1 Å². The highest BCUT2D eigenvalue weighted by Crippen LogP contribution is 2.22. The number of para-hydroxylation sites is 1. The van der Waals surface area contributed by atoms with Crippen molar-refractivity contribution in [3.8, 4) is 5.75 Å². The molecule has 1 N–H and O–H groups in total. The van der Waals surface area contributed by atoms with Crippen molar-refractivity contribution in [1.82, 2.24) is 5.32 Å². The van der Waals surface area contributed by atoms with Gasteiger partial charge in [-0.2, -0.15) is 11.8 Å². The average Bonchev–Trinajstić information content (AvgIpc) is 2.41. The highest BCUT2D eigenvalue weighted by Gasteiger charge is 2.19. The number of hydrogen-bond acceptors (Lipinski definition) is 3. The number of carbonyl (C=O) groups excluding carboxylic acids is 1. The number of nitrogens with one attached hydrogen (secondary N) is 1. The zero-order chi connectivity index (χ0) is 15.9. The summed E-state index contributed by atoms with van der Waals surface area (Å²) in [7, 11) is 0. The zero-order valence-electron chi connectivity index (χ0n) is 13.7. The number of thioether (sulfide) groups is 1. The molecule has 0 aromatic heterocycles. The van der Waals surface area contributed by atoms with Gasteiger partial charge in [0.15, 0.2) is 6.10 Å². The van der Waals surface area contributed by atoms with Crippen LogP contribution in [0.1, 0.15) is 39.7 Å². The number of amides is 1. The first kappa shape index (κ1) is 17.9. The van der Waals surface area contributed by atoms with Crippen LogP contribution in [0.25, 0.3) is 0 Å². The highest BCUT2D eigenvalue weighted by atomic mass is 32.2. The second-order valence-electron chi connectivity index (χ2n) is 6.03. The van der Waals surface area contributed by atoms with Crippen LogP contribution in [-0.2, 0) is 4.79 Å². The number of ether oxygens (including phenoxy) is 1. The van der Waals surface area contributed by atoms with E-state index >= 15 is 0 Å². The molecule has 4 heteroatoms. The van der Waals surface area contributed by atoms with Gasteiger partial charge in [0, 0.05) is 17.0 Å². The molecule has 0 bridgehead atoms. The van der Waals surface area contributed by atoms with Gasteiger partial charge in [0.05, 0.1) is 0 Å². The second kappa shape index (κ2) is 8.32. The average molecular weight is 309 g/mol. The molecular weight excluding hydrogens is 282 g/mol. The van der Waals surface area contributed by atoms with E-state index in [1.807, 2.05) is 49.9 Å². The summed E-state index contributed by atoms with van der Waals surface area (Å²) in [5, 5.41) is 2.96. The Kier molecular flexibility index (Phi) is 7.09. The number of aryl methyl sites for hydroxylation is 1. The quantitative estimate of drug-likeness (QED) is 0.779. The Morgan fingerprint density at radius 3 is 2.57 bits per heavy atom. The molecule has 0 aliphatic rings. The van der Waals surface area contributed by atoms with E-state index < -0.39 is 6.10 Å². The fourth-order valence-electron chi connectivity index (χ4n) is 1.81. The predicted molar refractivity (Wildman–Crippen MR) is 91.1 cm³/mol. The van der Waals surface area contributed by atoms with E-state index in [-0.39, 0.29) is 10.7 Å². The fourth-order valence-corrected chi connectivity index (χ4v) is 2.63. The van der Waals surface area contributed by atoms with E-state index in [0.29, 0.717) is 13.0 Å². The molecule has 0 aliphatic heterocycles. The van der Waals surface area contributed by atoms with Gasteiger partial charge in [-0.3, -0.25) is 4.79 Å². The van der Waals surface area contributed by atoms with E-state index in [1.54, 1.807) is 0 Å². The van der Waals surface area contributed by atoms with Crippen LogP contribution in [0.15, 0.2) is 24.3 Å². The lowest BCUT2D eigenvalue weighted by Crippen LogP contribution is -2.39. The summed E-state index contributed by atoms with van der Waals surface area (Å²) in [4.78, 5) is 12.2. The van der Waals surface area contributed by atoms with Gasteiger partial charge in [0.2, 0.25) is 0 Å². The van der Waals surface area contributed by atoms with Crippen LogP contribution in [0.3, 0.4) is 0 Å². The molecule has 1 amide bonds. The standard InChI is InChI=1S/C17H27NO2S/c1-6-14(20-15-10-8-7-9-13(15)2)16(19)18-11-12-21-17(3,4)5/h7-10,14H,6,11-12H2,1-5H3,(H,18,19). The Balaban J connectivity index is 2.45. The SMILES string of the molecule is CCC(Oc1ccccc1C)C(=O)NCCSC(C)(C)C. The monoisotopic (exact) mass is 309 g/mol. The van der Waals surface area contributed by atoms with Crippen molar-refractivity contribution in [2.24, 2.45) is 0 Å². The number of hydrogen-bond donors (Lipinski definition) is 1. The Hall–Kier alpha value is -1.16. The fraction of sp³-hybridized carbons (Fsp3) is 0.588. The van der Waals surface area contributed by atoms with Crippen molar-refractivity contribution >= 4 is 17.7 Å². The maximum atomic E-state index is 12.2. The lowest BCUT2D eigenvalue weighted by molar-refractivity contribution is -0.128. The molecule has 1 aromatic carbocycles. The summed E-state index contributed by atoms with van der Waals surface area (Å²) in [6.45, 7) is 11.2. The minimum Gasteiger partial charge on any atom is -0.480 e.